The van der Waals surface area contributed by atoms with E-state index in [0.717, 1.165) is 25.7 Å². The average Bonchev–Trinajstić information content (AvgIpc) is 3.64. The molecule has 1 saturated carbocycles. The number of alkyl carbamates (subject to hydrolysis) is 1. The molecule has 2 rings (SSSR count). The third-order valence-electron chi connectivity index (χ3n) is 7.83. The third kappa shape index (κ3) is 16.1. The molecule has 2 aliphatic rings. The highest BCUT2D eigenvalue weighted by atomic mass is 16.6. The van der Waals surface area contributed by atoms with Gasteiger partial charge in [0, 0.05) is 32.4 Å². The van der Waals surface area contributed by atoms with Crippen LogP contribution in [0.15, 0.2) is 0 Å². The molecule has 7 N–H and O–H groups in total. The lowest BCUT2D eigenvalue weighted by Gasteiger charge is -2.24. The molecule has 0 aromatic heterocycles. The van der Waals surface area contributed by atoms with Crippen LogP contribution in [0.4, 0.5) is 9.59 Å². The standard InChI is InChI=1S/C31H51N5O10/c1-21(2)27(28(38)35-25(29(39)40)10-7-12-33-30(32)41)36-26(37)11-14-43-16-18-45-19-17-44-15-13-34-31(42)46-20-24-22-8-5-3-4-6-9-23(22)24/h21-25,27H,5-20H2,1-2H3,(H,34,42)(H,35,38)(H,36,37)(H,39,40)(H3,32,33,41)/t22?,23?,24?,25-,27-/m0/s1. The second kappa shape index (κ2) is 22.0. The topological polar surface area (TPSA) is 217 Å². The van der Waals surface area contributed by atoms with Crippen molar-refractivity contribution in [2.24, 2.45) is 29.4 Å². The summed E-state index contributed by atoms with van der Waals surface area (Å²) in [4.78, 5) is 59.3. The minimum atomic E-state index is -1.22. The monoisotopic (exact) mass is 653 g/mol. The zero-order chi connectivity index (χ0) is 33.7. The highest BCUT2D eigenvalue weighted by Gasteiger charge is 2.49. The smallest absolute Gasteiger partial charge is 0.407 e. The van der Waals surface area contributed by atoms with Crippen LogP contribution in [-0.2, 0) is 33.3 Å². The van der Waals surface area contributed by atoms with E-state index >= 15 is 0 Å². The van der Waals surface area contributed by atoms with Gasteiger partial charge in [0.15, 0.2) is 0 Å². The first kappa shape index (κ1) is 38.6. The van der Waals surface area contributed by atoms with Crippen molar-refractivity contribution in [3.63, 3.8) is 0 Å². The van der Waals surface area contributed by atoms with Crippen LogP contribution in [0.2, 0.25) is 0 Å². The summed E-state index contributed by atoms with van der Waals surface area (Å²) in [5.74, 6) is 5.54. The van der Waals surface area contributed by atoms with Crippen molar-refractivity contribution < 1.29 is 48.0 Å². The fraction of sp³-hybridized carbons (Fsp3) is 0.774. The number of carbonyl (C=O) groups excluding carboxylic acids is 4. The molecule has 4 atom stereocenters. The molecule has 0 radical (unpaired) electrons. The Balaban J connectivity index is 1.45. The number of ether oxygens (including phenoxy) is 4. The van der Waals surface area contributed by atoms with Crippen LogP contribution in [0.1, 0.15) is 58.8 Å². The molecule has 15 nitrogen and oxygen atoms in total. The minimum Gasteiger partial charge on any atom is -0.480 e. The Kier molecular flexibility index (Phi) is 18.5. The first-order chi connectivity index (χ1) is 22.1. The van der Waals surface area contributed by atoms with Crippen molar-refractivity contribution in [3.05, 3.63) is 0 Å². The van der Waals surface area contributed by atoms with Crippen LogP contribution < -0.4 is 27.0 Å². The predicted molar refractivity (Wildman–Crippen MR) is 166 cm³/mol. The van der Waals surface area contributed by atoms with Crippen LogP contribution in [0.5, 0.6) is 0 Å². The van der Waals surface area contributed by atoms with Crippen LogP contribution in [-0.4, -0.2) is 106 Å². The van der Waals surface area contributed by atoms with Gasteiger partial charge in [-0.15, -0.1) is 11.8 Å². The second-order valence-corrected chi connectivity index (χ2v) is 11.7. The van der Waals surface area contributed by atoms with Gasteiger partial charge >= 0.3 is 18.1 Å². The summed E-state index contributed by atoms with van der Waals surface area (Å²) in [6.45, 7) is 6.12. The summed E-state index contributed by atoms with van der Waals surface area (Å²) in [5, 5.41) is 19.5. The maximum absolute atomic E-state index is 12.7. The van der Waals surface area contributed by atoms with Gasteiger partial charge < -0.3 is 51.1 Å². The molecule has 1 fully saturated rings. The van der Waals surface area contributed by atoms with Crippen molar-refractivity contribution in [2.75, 3.05) is 59.3 Å². The van der Waals surface area contributed by atoms with Gasteiger partial charge in [0.2, 0.25) is 11.8 Å². The number of amides is 5. The molecule has 15 heteroatoms. The Morgan fingerprint density at radius 1 is 0.848 bits per heavy atom. The second-order valence-electron chi connectivity index (χ2n) is 11.7. The molecule has 260 valence electrons. The predicted octanol–water partition coefficient (Wildman–Crippen LogP) is 0.751. The van der Waals surface area contributed by atoms with E-state index in [-0.39, 0.29) is 38.5 Å². The lowest BCUT2D eigenvalue weighted by Crippen LogP contribution is -2.53. The maximum Gasteiger partial charge on any atom is 0.407 e. The largest absolute Gasteiger partial charge is 0.480 e. The van der Waals surface area contributed by atoms with Crippen molar-refractivity contribution in [2.45, 2.75) is 70.9 Å². The first-order valence-corrected chi connectivity index (χ1v) is 16.1. The van der Waals surface area contributed by atoms with Gasteiger partial charge in [-0.1, -0.05) is 13.8 Å². The lowest BCUT2D eigenvalue weighted by molar-refractivity contribution is -0.142. The highest BCUT2D eigenvalue weighted by Crippen LogP contribution is 2.52. The van der Waals surface area contributed by atoms with Gasteiger partial charge in [0.1, 0.15) is 12.1 Å². The Labute approximate surface area is 270 Å². The van der Waals surface area contributed by atoms with Crippen LogP contribution in [0.25, 0.3) is 0 Å². The third-order valence-corrected chi connectivity index (χ3v) is 7.83. The number of hydrogen-bond donors (Lipinski definition) is 6. The summed E-state index contributed by atoms with van der Waals surface area (Å²) >= 11 is 0. The van der Waals surface area contributed by atoms with Crippen LogP contribution >= 0.6 is 0 Å². The molecule has 2 aliphatic carbocycles. The number of carboxylic acid groups (broad SMARTS) is 1. The zero-order valence-corrected chi connectivity index (χ0v) is 27.0. The van der Waals surface area contributed by atoms with E-state index in [9.17, 15) is 29.1 Å². The van der Waals surface area contributed by atoms with E-state index in [1.54, 1.807) is 13.8 Å². The molecule has 0 aromatic carbocycles. The number of aliphatic carboxylic acids is 1. The van der Waals surface area contributed by atoms with Crippen LogP contribution in [0.3, 0.4) is 0 Å². The minimum absolute atomic E-state index is 0.00692. The summed E-state index contributed by atoms with van der Waals surface area (Å²) in [5.41, 5.74) is 4.98. The number of urea groups is 1. The zero-order valence-electron chi connectivity index (χ0n) is 27.0. The van der Waals surface area contributed by atoms with E-state index in [1.807, 2.05) is 0 Å². The number of carbonyl (C=O) groups is 5. The summed E-state index contributed by atoms with van der Waals surface area (Å²) in [7, 11) is 0. The number of nitrogens with one attached hydrogen (secondary N) is 4. The van der Waals surface area contributed by atoms with Crippen LogP contribution in [0, 0.1) is 35.5 Å². The Hall–Kier alpha value is -3.61. The molecular weight excluding hydrogens is 602 g/mol. The molecular formula is C31H51N5O10. The highest BCUT2D eigenvalue weighted by molar-refractivity contribution is 5.90. The summed E-state index contributed by atoms with van der Waals surface area (Å²) < 4.78 is 21.7. The normalized spacial score (nSPS) is 19.6. The van der Waals surface area contributed by atoms with E-state index in [2.05, 4.69) is 33.1 Å². The molecule has 5 amide bonds. The van der Waals surface area contributed by atoms with Crippen molar-refractivity contribution in [1.82, 2.24) is 21.3 Å². The van der Waals surface area contributed by atoms with Gasteiger partial charge in [-0.3, -0.25) is 9.59 Å². The molecule has 0 spiro atoms. The molecule has 0 bridgehead atoms. The fourth-order valence-corrected chi connectivity index (χ4v) is 5.25. The molecule has 0 aliphatic heterocycles. The SMILES string of the molecule is CC(C)[C@H](NC(=O)CCOCCOCCOCCNC(=O)OCC1C2CCC#CCCC21)C(=O)N[C@@H](CCCNC(N)=O)C(=O)O. The van der Waals surface area contributed by atoms with Gasteiger partial charge in [-0.25, -0.2) is 14.4 Å². The quantitative estimate of drug-likeness (QED) is 0.0672. The number of fused-ring (bicyclic) bond motifs is 1. The number of nitrogens with two attached hydrogens (primary N) is 1. The Morgan fingerprint density at radius 2 is 1.46 bits per heavy atom. The number of hydrogen-bond acceptors (Lipinski definition) is 9. The number of primary amides is 1. The summed E-state index contributed by atoms with van der Waals surface area (Å²) in [6.07, 6.45) is 4.00. The number of carboxylic acids is 1. The molecule has 0 heterocycles. The van der Waals surface area contributed by atoms with Gasteiger partial charge in [-0.05, 0) is 49.4 Å². The maximum atomic E-state index is 12.7. The molecule has 2 unspecified atom stereocenters. The van der Waals surface area contributed by atoms with Gasteiger partial charge in [-0.2, -0.15) is 0 Å². The van der Waals surface area contributed by atoms with Crippen molar-refractivity contribution in [3.8, 4) is 11.8 Å². The van der Waals surface area contributed by atoms with Gasteiger partial charge in [0.05, 0.1) is 46.2 Å². The van der Waals surface area contributed by atoms with Crippen molar-refractivity contribution >= 4 is 29.9 Å². The first-order valence-electron chi connectivity index (χ1n) is 16.1. The van der Waals surface area contributed by atoms with E-state index in [1.165, 1.54) is 0 Å². The van der Waals surface area contributed by atoms with E-state index in [4.69, 9.17) is 24.7 Å². The average molecular weight is 654 g/mol. The number of rotatable bonds is 23. The molecule has 46 heavy (non-hydrogen) atoms. The summed E-state index contributed by atoms with van der Waals surface area (Å²) in [6, 6.07) is -2.83. The fourth-order valence-electron chi connectivity index (χ4n) is 5.25. The molecule has 0 saturated heterocycles. The molecule has 0 aromatic rings. The van der Waals surface area contributed by atoms with Gasteiger partial charge in [0.25, 0.3) is 0 Å². The van der Waals surface area contributed by atoms with E-state index < -0.39 is 42.0 Å². The lowest BCUT2D eigenvalue weighted by atomic mass is 10.0. The Bertz CT molecular complexity index is 1030. The van der Waals surface area contributed by atoms with E-state index in [0.29, 0.717) is 63.8 Å². The van der Waals surface area contributed by atoms with Crippen molar-refractivity contribution in [1.29, 1.82) is 0 Å². The Morgan fingerprint density at radius 3 is 2.04 bits per heavy atom.